The predicted molar refractivity (Wildman–Crippen MR) is 79.6 cm³/mol. The van der Waals surface area contributed by atoms with Crippen molar-refractivity contribution in [3.8, 4) is 5.75 Å². The van der Waals surface area contributed by atoms with Crippen molar-refractivity contribution in [3.05, 3.63) is 28.2 Å². The number of benzene rings is 1. The molecule has 1 aromatic rings. The zero-order chi connectivity index (χ0) is 12.8. The van der Waals surface area contributed by atoms with Crippen LogP contribution in [0.25, 0.3) is 0 Å². The molecule has 0 aliphatic rings. The molecule has 0 amide bonds. The van der Waals surface area contributed by atoms with Crippen molar-refractivity contribution in [1.29, 1.82) is 0 Å². The van der Waals surface area contributed by atoms with Gasteiger partial charge in [0.2, 0.25) is 0 Å². The molecule has 4 heteroatoms. The zero-order valence-corrected chi connectivity index (χ0v) is 12.6. The normalized spacial score (nSPS) is 10.6. The monoisotopic (exact) mass is 315 g/mol. The van der Waals surface area contributed by atoms with Crippen LogP contribution in [0, 0.1) is 5.92 Å². The van der Waals surface area contributed by atoms with Crippen LogP contribution in [0.4, 0.5) is 0 Å². The van der Waals surface area contributed by atoms with Gasteiger partial charge in [0.15, 0.2) is 0 Å². The molecule has 94 valence electrons. The van der Waals surface area contributed by atoms with Crippen molar-refractivity contribution < 1.29 is 4.74 Å². The second-order valence-electron chi connectivity index (χ2n) is 4.39. The highest BCUT2D eigenvalue weighted by Crippen LogP contribution is 2.23. The fourth-order valence-electron chi connectivity index (χ4n) is 1.47. The maximum atomic E-state index is 5.66. The third-order valence-corrected chi connectivity index (χ3v) is 3.28. The molecule has 0 unspecified atom stereocenters. The topological polar surface area (TPSA) is 35.2 Å². The van der Waals surface area contributed by atoms with E-state index in [0.717, 1.165) is 34.7 Å². The summed E-state index contributed by atoms with van der Waals surface area (Å²) in [6, 6.07) is 5.68. The predicted octanol–water partition coefficient (Wildman–Crippen LogP) is 3.90. The van der Waals surface area contributed by atoms with E-state index < -0.39 is 0 Å². The smallest absolute Gasteiger partial charge is 0.120 e. The lowest BCUT2D eigenvalue weighted by molar-refractivity contribution is 0.297. The van der Waals surface area contributed by atoms with Crippen LogP contribution in [0.5, 0.6) is 5.75 Å². The van der Waals surface area contributed by atoms with Gasteiger partial charge in [-0.05, 0) is 52.9 Å². The van der Waals surface area contributed by atoms with Gasteiger partial charge in [-0.3, -0.25) is 0 Å². The number of ether oxygens (including phenoxy) is 1. The molecule has 0 radical (unpaired) electrons. The van der Waals surface area contributed by atoms with Gasteiger partial charge in [-0.2, -0.15) is 0 Å². The number of hydrogen-bond acceptors (Lipinski definition) is 2. The molecule has 0 saturated carbocycles. The van der Waals surface area contributed by atoms with Gasteiger partial charge in [0.05, 0.1) is 6.61 Å². The third-order valence-electron chi connectivity index (χ3n) is 2.40. The van der Waals surface area contributed by atoms with Crippen molar-refractivity contribution in [3.63, 3.8) is 0 Å². The Morgan fingerprint density at radius 2 is 2.18 bits per heavy atom. The summed E-state index contributed by atoms with van der Waals surface area (Å²) in [6.07, 6.45) is 2.26. The highest BCUT2D eigenvalue weighted by Gasteiger charge is 2.04. The molecule has 0 bridgehead atoms. The molecule has 17 heavy (non-hydrogen) atoms. The minimum absolute atomic E-state index is 0.392. The van der Waals surface area contributed by atoms with Crippen LogP contribution in [-0.4, -0.2) is 11.6 Å². The first-order chi connectivity index (χ1) is 8.00. The first-order valence-electron chi connectivity index (χ1n) is 5.73. The largest absolute Gasteiger partial charge is 0.494 e. The van der Waals surface area contributed by atoms with Crippen LogP contribution in [0.1, 0.15) is 32.3 Å². The van der Waals surface area contributed by atoms with E-state index >= 15 is 0 Å². The zero-order valence-electron chi connectivity index (χ0n) is 10.2. The Bertz CT molecular complexity index is 393. The van der Waals surface area contributed by atoms with E-state index in [9.17, 15) is 0 Å². The lowest BCUT2D eigenvalue weighted by atomic mass is 10.1. The van der Waals surface area contributed by atoms with Crippen molar-refractivity contribution >= 4 is 33.1 Å². The summed E-state index contributed by atoms with van der Waals surface area (Å²) < 4.78 is 6.54. The van der Waals surface area contributed by atoms with E-state index in [2.05, 4.69) is 29.8 Å². The minimum Gasteiger partial charge on any atom is -0.494 e. The van der Waals surface area contributed by atoms with E-state index in [1.807, 2.05) is 18.2 Å². The number of rotatable bonds is 6. The van der Waals surface area contributed by atoms with Crippen molar-refractivity contribution in [1.82, 2.24) is 0 Å². The van der Waals surface area contributed by atoms with Gasteiger partial charge >= 0.3 is 0 Å². The van der Waals surface area contributed by atoms with E-state index in [1.165, 1.54) is 6.42 Å². The van der Waals surface area contributed by atoms with Gasteiger partial charge in [-0.15, -0.1) is 0 Å². The Morgan fingerprint density at radius 1 is 1.47 bits per heavy atom. The molecule has 0 atom stereocenters. The average Bonchev–Trinajstić information content (AvgIpc) is 2.23. The quantitative estimate of drug-likeness (QED) is 0.638. The Hall–Kier alpha value is -0.610. The van der Waals surface area contributed by atoms with Crippen LogP contribution < -0.4 is 10.5 Å². The first kappa shape index (κ1) is 14.5. The Balaban J connectivity index is 2.50. The Labute approximate surface area is 117 Å². The maximum absolute atomic E-state index is 5.66. The molecular weight excluding hydrogens is 298 g/mol. The summed E-state index contributed by atoms with van der Waals surface area (Å²) in [5, 5.41) is 0. The summed E-state index contributed by atoms with van der Waals surface area (Å²) in [4.78, 5) is 0.392. The van der Waals surface area contributed by atoms with Gasteiger partial charge in [0.1, 0.15) is 10.7 Å². The molecule has 0 saturated heterocycles. The van der Waals surface area contributed by atoms with Crippen LogP contribution in [0.3, 0.4) is 0 Å². The summed E-state index contributed by atoms with van der Waals surface area (Å²) in [7, 11) is 0. The fraction of sp³-hybridized carbons (Fsp3) is 0.462. The lowest BCUT2D eigenvalue weighted by Gasteiger charge is -2.09. The summed E-state index contributed by atoms with van der Waals surface area (Å²) in [5.74, 6) is 1.57. The summed E-state index contributed by atoms with van der Waals surface area (Å²) >= 11 is 8.37. The van der Waals surface area contributed by atoms with Crippen LogP contribution in [0.15, 0.2) is 22.7 Å². The molecule has 0 heterocycles. The Kier molecular flexibility index (Phi) is 5.92. The molecule has 1 aromatic carbocycles. The molecule has 0 aliphatic carbocycles. The fourth-order valence-corrected chi connectivity index (χ4v) is 2.35. The van der Waals surface area contributed by atoms with Crippen LogP contribution in [-0.2, 0) is 0 Å². The second kappa shape index (κ2) is 6.97. The SMILES string of the molecule is CC(C)CCCOc1ccc(C(N)=S)c(Br)c1. The van der Waals surface area contributed by atoms with Crippen molar-refractivity contribution in [2.45, 2.75) is 26.7 Å². The Morgan fingerprint density at radius 3 is 2.71 bits per heavy atom. The van der Waals surface area contributed by atoms with Gasteiger partial charge in [0, 0.05) is 10.0 Å². The van der Waals surface area contributed by atoms with E-state index in [1.54, 1.807) is 0 Å². The van der Waals surface area contributed by atoms with E-state index in [-0.39, 0.29) is 0 Å². The first-order valence-corrected chi connectivity index (χ1v) is 6.93. The highest BCUT2D eigenvalue weighted by atomic mass is 79.9. The minimum atomic E-state index is 0.392. The summed E-state index contributed by atoms with van der Waals surface area (Å²) in [5.41, 5.74) is 6.42. The van der Waals surface area contributed by atoms with Crippen LogP contribution >= 0.6 is 28.1 Å². The number of hydrogen-bond donors (Lipinski definition) is 1. The average molecular weight is 316 g/mol. The van der Waals surface area contributed by atoms with Crippen molar-refractivity contribution in [2.75, 3.05) is 6.61 Å². The third kappa shape index (κ3) is 5.04. The number of thiocarbonyl (C=S) groups is 1. The number of nitrogens with two attached hydrogens (primary N) is 1. The molecule has 2 nitrogen and oxygen atoms in total. The van der Waals surface area contributed by atoms with Gasteiger partial charge in [-0.1, -0.05) is 26.1 Å². The molecule has 0 aliphatic heterocycles. The molecule has 0 fully saturated rings. The van der Waals surface area contributed by atoms with Gasteiger partial charge in [-0.25, -0.2) is 0 Å². The standard InChI is InChI=1S/C13H18BrNOS/c1-9(2)4-3-7-16-10-5-6-11(13(15)17)12(14)8-10/h5-6,8-9H,3-4,7H2,1-2H3,(H2,15,17). The lowest BCUT2D eigenvalue weighted by Crippen LogP contribution is -2.10. The van der Waals surface area contributed by atoms with Gasteiger partial charge in [0.25, 0.3) is 0 Å². The van der Waals surface area contributed by atoms with Gasteiger partial charge < -0.3 is 10.5 Å². The second-order valence-corrected chi connectivity index (χ2v) is 5.68. The highest BCUT2D eigenvalue weighted by molar-refractivity contribution is 9.10. The van der Waals surface area contributed by atoms with E-state index in [0.29, 0.717) is 4.99 Å². The molecule has 2 N–H and O–H groups in total. The molecule has 0 spiro atoms. The molecular formula is C13H18BrNOS. The maximum Gasteiger partial charge on any atom is 0.120 e. The van der Waals surface area contributed by atoms with Crippen molar-refractivity contribution in [2.24, 2.45) is 11.7 Å². The molecule has 1 rings (SSSR count). The van der Waals surface area contributed by atoms with Crippen LogP contribution in [0.2, 0.25) is 0 Å². The summed E-state index contributed by atoms with van der Waals surface area (Å²) in [6.45, 7) is 5.18. The van der Waals surface area contributed by atoms with E-state index in [4.69, 9.17) is 22.7 Å². The number of halogens is 1. The molecule has 0 aromatic heterocycles.